The normalized spacial score (nSPS) is 12.3. The molecule has 82 valence electrons. The summed E-state index contributed by atoms with van der Waals surface area (Å²) in [4.78, 5) is 10.0. The van der Waals surface area contributed by atoms with Crippen LogP contribution in [0.4, 0.5) is 0 Å². The van der Waals surface area contributed by atoms with Crippen molar-refractivity contribution in [3.63, 3.8) is 0 Å². The first-order valence-electron chi connectivity index (χ1n) is 4.26. The smallest absolute Gasteiger partial charge is 0.344 e. The van der Waals surface area contributed by atoms with Gasteiger partial charge in [0.15, 0.2) is 6.10 Å². The molecule has 1 unspecified atom stereocenters. The molecule has 0 saturated heterocycles. The number of aliphatic carboxylic acids is 1. The summed E-state index contributed by atoms with van der Waals surface area (Å²) in [5, 5.41) is 8.25. The van der Waals surface area contributed by atoms with E-state index in [9.17, 15) is 4.79 Å². The molecule has 1 atom stereocenters. The second kappa shape index (κ2) is 12.0. The van der Waals surface area contributed by atoms with Crippen LogP contribution in [0, 0.1) is 0 Å². The topological polar surface area (TPSA) is 46.5 Å². The Hall–Kier alpha value is -0.960. The zero-order chi connectivity index (χ0) is 11.4. The van der Waals surface area contributed by atoms with Crippen LogP contribution in [-0.4, -0.2) is 23.1 Å². The van der Waals surface area contributed by atoms with E-state index in [1.807, 2.05) is 19.1 Å². The summed E-state index contributed by atoms with van der Waals surface area (Å²) < 4.78 is 4.67. The van der Waals surface area contributed by atoms with Crippen molar-refractivity contribution in [2.75, 3.05) is 5.88 Å². The Morgan fingerprint density at radius 1 is 1.50 bits per heavy atom. The first kappa shape index (κ1) is 15.5. The number of alkyl halides is 1. The molecule has 3 nitrogen and oxygen atoms in total. The summed E-state index contributed by atoms with van der Waals surface area (Å²) >= 11 is 5.21. The van der Waals surface area contributed by atoms with Crippen LogP contribution in [0.25, 0.3) is 0 Å². The third kappa shape index (κ3) is 13.6. The fourth-order valence-corrected chi connectivity index (χ4v) is 0.522. The fourth-order valence-electron chi connectivity index (χ4n) is 0.344. The van der Waals surface area contributed by atoms with Crippen molar-refractivity contribution in [3.8, 4) is 0 Å². The van der Waals surface area contributed by atoms with Crippen LogP contribution >= 0.6 is 11.6 Å². The lowest BCUT2D eigenvalue weighted by molar-refractivity contribution is -0.145. The maximum absolute atomic E-state index is 10.0. The molecule has 14 heavy (non-hydrogen) atoms. The minimum absolute atomic E-state index is 0.635. The van der Waals surface area contributed by atoms with Gasteiger partial charge < -0.3 is 9.84 Å². The molecule has 0 aliphatic carbocycles. The Balaban J connectivity index is 0. The van der Waals surface area contributed by atoms with Gasteiger partial charge in [-0.1, -0.05) is 18.2 Å². The van der Waals surface area contributed by atoms with E-state index >= 15 is 0 Å². The van der Waals surface area contributed by atoms with E-state index in [2.05, 4.69) is 4.74 Å². The number of carboxylic acid groups (broad SMARTS) is 1. The third-order valence-electron chi connectivity index (χ3n) is 1.09. The van der Waals surface area contributed by atoms with Crippen molar-refractivity contribution in [1.29, 1.82) is 0 Å². The number of allylic oxidation sites excluding steroid dienone is 3. The highest BCUT2D eigenvalue weighted by Crippen LogP contribution is 1.89. The summed E-state index contributed by atoms with van der Waals surface area (Å²) in [6, 6.07) is 0. The minimum atomic E-state index is -0.951. The summed E-state index contributed by atoms with van der Waals surface area (Å²) in [6.45, 7) is 5.18. The van der Waals surface area contributed by atoms with Gasteiger partial charge in [-0.15, -0.1) is 11.6 Å². The average Bonchev–Trinajstić information content (AvgIpc) is 2.16. The van der Waals surface area contributed by atoms with E-state index < -0.39 is 12.1 Å². The molecule has 0 aromatic rings. The Bertz CT molecular complexity index is 188. The maximum atomic E-state index is 10.0. The van der Waals surface area contributed by atoms with E-state index in [0.29, 0.717) is 5.88 Å². The summed E-state index contributed by atoms with van der Waals surface area (Å²) in [5.74, 6) is -0.315. The molecule has 0 aromatic heterocycles. The van der Waals surface area contributed by atoms with Gasteiger partial charge in [0, 0.05) is 5.88 Å². The molecule has 0 aliphatic heterocycles. The summed E-state index contributed by atoms with van der Waals surface area (Å²) in [6.07, 6.45) is 6.06. The molecule has 0 radical (unpaired) electrons. The van der Waals surface area contributed by atoms with Crippen LogP contribution in [0.3, 0.4) is 0 Å². The molecule has 1 N–H and O–H groups in total. The van der Waals surface area contributed by atoms with Crippen molar-refractivity contribution in [3.05, 3.63) is 24.5 Å². The fraction of sp³-hybridized carbons (Fsp3) is 0.500. The Kier molecular flexibility index (Phi) is 13.3. The molecule has 0 saturated carbocycles. The second-order valence-corrected chi connectivity index (χ2v) is 2.62. The lowest BCUT2D eigenvalue weighted by Gasteiger charge is -2.03. The molecule has 0 bridgehead atoms. The molecule has 0 spiro atoms. The van der Waals surface area contributed by atoms with E-state index in [-0.39, 0.29) is 0 Å². The van der Waals surface area contributed by atoms with E-state index in [1.54, 1.807) is 13.0 Å². The predicted octanol–water partition coefficient (Wildman–Crippen LogP) is 2.81. The van der Waals surface area contributed by atoms with Crippen molar-refractivity contribution < 1.29 is 14.6 Å². The molecule has 0 amide bonds. The van der Waals surface area contributed by atoms with Crippen LogP contribution in [0.2, 0.25) is 0 Å². The first-order chi connectivity index (χ1) is 6.59. The van der Waals surface area contributed by atoms with E-state index in [4.69, 9.17) is 16.7 Å². The third-order valence-corrected chi connectivity index (χ3v) is 1.27. The van der Waals surface area contributed by atoms with Gasteiger partial charge in [-0.3, -0.25) is 0 Å². The van der Waals surface area contributed by atoms with Gasteiger partial charge in [0.05, 0.1) is 6.26 Å². The molecular weight excluding hydrogens is 204 g/mol. The summed E-state index contributed by atoms with van der Waals surface area (Å²) in [7, 11) is 0. The zero-order valence-corrected chi connectivity index (χ0v) is 9.49. The number of hydrogen-bond donors (Lipinski definition) is 1. The molecule has 0 aromatic carbocycles. The quantitative estimate of drug-likeness (QED) is 0.450. The van der Waals surface area contributed by atoms with E-state index in [1.165, 1.54) is 13.2 Å². The van der Waals surface area contributed by atoms with Crippen LogP contribution in [-0.2, 0) is 9.53 Å². The molecular formula is C10H17ClO3. The summed E-state index contributed by atoms with van der Waals surface area (Å²) in [5.41, 5.74) is 0. The maximum Gasteiger partial charge on any atom is 0.344 e. The Labute approximate surface area is 90.0 Å². The van der Waals surface area contributed by atoms with Crippen molar-refractivity contribution in [2.45, 2.75) is 26.9 Å². The monoisotopic (exact) mass is 220 g/mol. The largest absolute Gasteiger partial charge is 0.487 e. The first-order valence-corrected chi connectivity index (χ1v) is 4.80. The van der Waals surface area contributed by atoms with Gasteiger partial charge in [0.25, 0.3) is 0 Å². The molecule has 0 rings (SSSR count). The molecule has 0 heterocycles. The van der Waals surface area contributed by atoms with Crippen molar-refractivity contribution in [2.24, 2.45) is 0 Å². The lowest BCUT2D eigenvalue weighted by Crippen LogP contribution is -2.16. The van der Waals surface area contributed by atoms with Crippen molar-refractivity contribution in [1.82, 2.24) is 0 Å². The minimum Gasteiger partial charge on any atom is -0.487 e. The number of halogens is 1. The highest BCUT2D eigenvalue weighted by Gasteiger charge is 2.07. The van der Waals surface area contributed by atoms with Gasteiger partial charge >= 0.3 is 5.97 Å². The van der Waals surface area contributed by atoms with Crippen LogP contribution in [0.5, 0.6) is 0 Å². The number of carbonyl (C=O) groups is 1. The zero-order valence-electron chi connectivity index (χ0n) is 8.74. The molecule has 0 aliphatic rings. The van der Waals surface area contributed by atoms with Gasteiger partial charge in [-0.05, 0) is 20.8 Å². The highest BCUT2D eigenvalue weighted by atomic mass is 35.5. The second-order valence-electron chi connectivity index (χ2n) is 2.31. The van der Waals surface area contributed by atoms with Gasteiger partial charge in [-0.25, -0.2) is 4.79 Å². The number of ether oxygens (including phenoxy) is 1. The predicted molar refractivity (Wildman–Crippen MR) is 58.5 cm³/mol. The molecule has 0 fully saturated rings. The average molecular weight is 221 g/mol. The lowest BCUT2D eigenvalue weighted by atomic mass is 10.4. The van der Waals surface area contributed by atoms with Crippen molar-refractivity contribution >= 4 is 17.6 Å². The number of hydrogen-bond acceptors (Lipinski definition) is 2. The van der Waals surface area contributed by atoms with Crippen LogP contribution < -0.4 is 0 Å². The van der Waals surface area contributed by atoms with Crippen LogP contribution in [0.15, 0.2) is 24.5 Å². The van der Waals surface area contributed by atoms with Crippen LogP contribution in [0.1, 0.15) is 20.8 Å². The standard InChI is InChI=1S/C6H10O3.C4H7Cl/c1-3-4-9-5(2)6(7)8;1-2-3-4-5/h3-5H,1-2H3,(H,7,8);2-3H,4H2,1H3/b4-3+;3-2+. The van der Waals surface area contributed by atoms with E-state index in [0.717, 1.165) is 0 Å². The van der Waals surface area contributed by atoms with Gasteiger partial charge in [0.2, 0.25) is 0 Å². The number of rotatable bonds is 4. The Morgan fingerprint density at radius 2 is 2.07 bits per heavy atom. The Morgan fingerprint density at radius 3 is 2.29 bits per heavy atom. The highest BCUT2D eigenvalue weighted by molar-refractivity contribution is 6.18. The van der Waals surface area contributed by atoms with Gasteiger partial charge in [0.1, 0.15) is 0 Å². The number of carboxylic acids is 1. The van der Waals surface area contributed by atoms with Gasteiger partial charge in [-0.2, -0.15) is 0 Å². The SMILES string of the molecule is C/C=C/CCl.C/C=C/OC(C)C(=O)O. The molecule has 4 heteroatoms.